The van der Waals surface area contributed by atoms with Gasteiger partial charge in [-0.15, -0.1) is 0 Å². The van der Waals surface area contributed by atoms with Gasteiger partial charge in [0.05, 0.1) is 23.6 Å². The van der Waals surface area contributed by atoms with E-state index >= 15 is 0 Å². The van der Waals surface area contributed by atoms with E-state index in [0.717, 1.165) is 5.56 Å². The maximum atomic E-state index is 12.9. The fourth-order valence-corrected chi connectivity index (χ4v) is 4.42. The number of sulfonamides is 1. The van der Waals surface area contributed by atoms with Gasteiger partial charge in [-0.3, -0.25) is 4.79 Å². The molecule has 7 nitrogen and oxygen atoms in total. The number of carbonyl (C=O) groups excluding carboxylic acids is 1. The Morgan fingerprint density at radius 3 is 2.39 bits per heavy atom. The van der Waals surface area contributed by atoms with Gasteiger partial charge in [0.25, 0.3) is 10.0 Å². The lowest BCUT2D eigenvalue weighted by molar-refractivity contribution is -0.118. The van der Waals surface area contributed by atoms with E-state index in [1.807, 2.05) is 13.8 Å². The third-order valence-electron chi connectivity index (χ3n) is 5.20. The minimum atomic E-state index is -3.93. The first-order valence-electron chi connectivity index (χ1n) is 8.52. The monoisotopic (exact) mass is 424 g/mol. The topological polar surface area (TPSA) is 105 Å². The molecule has 3 N–H and O–H groups in total. The van der Waals surface area contributed by atoms with Gasteiger partial charge < -0.3 is 15.3 Å². The van der Waals surface area contributed by atoms with Gasteiger partial charge in [-0.05, 0) is 41.3 Å². The minimum Gasteiger partial charge on any atom is -0.495 e. The van der Waals surface area contributed by atoms with Gasteiger partial charge in [0.2, 0.25) is 5.91 Å². The smallest absolute Gasteiger partial charge is 0.262 e. The molecule has 1 aliphatic rings. The average molecular weight is 425 g/mol. The number of carbonyl (C=O) groups is 1. The quantitative estimate of drug-likeness (QED) is 0.616. The van der Waals surface area contributed by atoms with Crippen LogP contribution in [0.1, 0.15) is 25.3 Å². The Labute approximate surface area is 168 Å². The van der Waals surface area contributed by atoms with Gasteiger partial charge in [-0.25, -0.2) is 8.42 Å². The van der Waals surface area contributed by atoms with Crippen LogP contribution in [0, 0.1) is 11.3 Å². The van der Waals surface area contributed by atoms with Crippen LogP contribution in [0.2, 0.25) is 5.02 Å². The Hall–Kier alpha value is -2.13. The minimum absolute atomic E-state index is 0.0538. The standard InChI is InChI=1S/C19H21ClN2O5S/c1-19(2)16(11-4-7-13(8-5-11)28(25,26)22-24)17(19)18(23)21-14-10-12(20)6-9-15(14)27-3/h4-10,16-17,22,24H,1-3H3,(H,21,23)/t16-,17+/m0/s1. The zero-order chi connectivity index (χ0) is 20.7. The van der Waals surface area contributed by atoms with Crippen LogP contribution in [0.25, 0.3) is 0 Å². The number of methoxy groups -OCH3 is 1. The fraction of sp³-hybridized carbons (Fsp3) is 0.316. The van der Waals surface area contributed by atoms with Crippen LogP contribution in [0.5, 0.6) is 5.75 Å². The number of hydrogen-bond acceptors (Lipinski definition) is 5. The highest BCUT2D eigenvalue weighted by molar-refractivity contribution is 7.89. The van der Waals surface area contributed by atoms with Crippen LogP contribution in [0.3, 0.4) is 0 Å². The van der Waals surface area contributed by atoms with Crippen LogP contribution in [-0.2, 0) is 14.8 Å². The molecule has 3 rings (SSSR count). The van der Waals surface area contributed by atoms with Gasteiger partial charge >= 0.3 is 0 Å². The lowest BCUT2D eigenvalue weighted by atomic mass is 10.0. The molecular weight excluding hydrogens is 404 g/mol. The van der Waals surface area contributed by atoms with E-state index in [1.54, 1.807) is 30.3 Å². The van der Waals surface area contributed by atoms with Gasteiger partial charge in [0.15, 0.2) is 0 Å². The molecule has 0 spiro atoms. The van der Waals surface area contributed by atoms with Crippen LogP contribution in [0.15, 0.2) is 47.4 Å². The molecule has 2 atom stereocenters. The van der Waals surface area contributed by atoms with Gasteiger partial charge in [-0.1, -0.05) is 42.5 Å². The molecule has 2 aromatic rings. The molecule has 150 valence electrons. The van der Waals surface area contributed by atoms with Crippen molar-refractivity contribution in [1.29, 1.82) is 0 Å². The maximum absolute atomic E-state index is 12.9. The second-order valence-corrected chi connectivity index (χ2v) is 9.37. The summed E-state index contributed by atoms with van der Waals surface area (Å²) in [5.41, 5.74) is 1.04. The van der Waals surface area contributed by atoms with Crippen molar-refractivity contribution in [1.82, 2.24) is 4.89 Å². The number of halogens is 1. The van der Waals surface area contributed by atoms with E-state index in [0.29, 0.717) is 16.5 Å². The highest BCUT2D eigenvalue weighted by atomic mass is 35.5. The summed E-state index contributed by atoms with van der Waals surface area (Å²) in [6, 6.07) is 11.1. The number of rotatable bonds is 6. The zero-order valence-electron chi connectivity index (χ0n) is 15.6. The summed E-state index contributed by atoms with van der Waals surface area (Å²) >= 11 is 6.02. The predicted octanol–water partition coefficient (Wildman–Crippen LogP) is 3.39. The summed E-state index contributed by atoms with van der Waals surface area (Å²) < 4.78 is 28.5. The van der Waals surface area contributed by atoms with Crippen LogP contribution >= 0.6 is 11.6 Å². The average Bonchev–Trinajstić information content (AvgIpc) is 3.24. The first-order chi connectivity index (χ1) is 13.1. The van der Waals surface area contributed by atoms with Crippen molar-refractivity contribution in [2.45, 2.75) is 24.7 Å². The normalized spacial score (nSPS) is 20.5. The van der Waals surface area contributed by atoms with Gasteiger partial charge in [-0.2, -0.15) is 0 Å². The summed E-state index contributed by atoms with van der Waals surface area (Å²) in [6.45, 7) is 3.97. The summed E-state index contributed by atoms with van der Waals surface area (Å²) in [4.78, 5) is 14.1. The van der Waals surface area contributed by atoms with E-state index in [4.69, 9.17) is 21.5 Å². The molecule has 0 aliphatic heterocycles. The summed E-state index contributed by atoms with van der Waals surface area (Å²) in [5.74, 6) is -0.0192. The second-order valence-electron chi connectivity index (χ2n) is 7.27. The van der Waals surface area contributed by atoms with Crippen molar-refractivity contribution in [3.8, 4) is 5.75 Å². The van der Waals surface area contributed by atoms with Crippen molar-refractivity contribution >= 4 is 33.2 Å². The van der Waals surface area contributed by atoms with E-state index in [2.05, 4.69) is 5.32 Å². The molecule has 0 radical (unpaired) electrons. The van der Waals surface area contributed by atoms with Crippen molar-refractivity contribution in [3.63, 3.8) is 0 Å². The second kappa shape index (κ2) is 7.36. The third kappa shape index (κ3) is 3.73. The third-order valence-corrected chi connectivity index (χ3v) is 6.57. The van der Waals surface area contributed by atoms with Crippen LogP contribution in [-0.4, -0.2) is 26.6 Å². The van der Waals surface area contributed by atoms with Crippen LogP contribution in [0.4, 0.5) is 5.69 Å². The van der Waals surface area contributed by atoms with Crippen molar-refractivity contribution in [2.75, 3.05) is 12.4 Å². The van der Waals surface area contributed by atoms with E-state index < -0.39 is 10.0 Å². The van der Waals surface area contributed by atoms with Crippen LogP contribution < -0.4 is 14.9 Å². The van der Waals surface area contributed by atoms with E-state index in [1.165, 1.54) is 24.1 Å². The molecule has 28 heavy (non-hydrogen) atoms. The van der Waals surface area contributed by atoms with Crippen molar-refractivity contribution in [3.05, 3.63) is 53.1 Å². The highest BCUT2D eigenvalue weighted by Gasteiger charge is 2.62. The molecular formula is C19H21ClN2O5S. The molecule has 1 fully saturated rings. The zero-order valence-corrected chi connectivity index (χ0v) is 17.1. The molecule has 1 saturated carbocycles. The Bertz CT molecular complexity index is 1010. The molecule has 0 bridgehead atoms. The Morgan fingerprint density at radius 2 is 1.82 bits per heavy atom. The van der Waals surface area contributed by atoms with Gasteiger partial charge in [0, 0.05) is 10.9 Å². The molecule has 1 amide bonds. The Kier molecular flexibility index (Phi) is 5.42. The number of hydrogen-bond donors (Lipinski definition) is 3. The number of nitrogens with one attached hydrogen (secondary N) is 2. The first kappa shape index (κ1) is 20.6. The number of ether oxygens (including phenoxy) is 1. The Morgan fingerprint density at radius 1 is 1.18 bits per heavy atom. The highest BCUT2D eigenvalue weighted by Crippen LogP contribution is 2.64. The molecule has 2 aromatic carbocycles. The molecule has 1 aliphatic carbocycles. The molecule has 9 heteroatoms. The largest absolute Gasteiger partial charge is 0.495 e. The summed E-state index contributed by atoms with van der Waals surface area (Å²) in [7, 11) is -2.42. The molecule has 0 aromatic heterocycles. The lowest BCUT2D eigenvalue weighted by Gasteiger charge is -2.11. The molecule has 0 heterocycles. The fourth-order valence-electron chi connectivity index (χ4n) is 3.64. The summed E-state index contributed by atoms with van der Waals surface area (Å²) in [6.07, 6.45) is 0. The number of amides is 1. The van der Waals surface area contributed by atoms with Crippen molar-refractivity contribution < 1.29 is 23.2 Å². The molecule has 0 unspecified atom stereocenters. The number of anilines is 1. The van der Waals surface area contributed by atoms with E-state index in [9.17, 15) is 13.2 Å². The Balaban J connectivity index is 1.81. The first-order valence-corrected chi connectivity index (χ1v) is 10.4. The number of benzene rings is 2. The van der Waals surface area contributed by atoms with E-state index in [-0.39, 0.29) is 28.1 Å². The predicted molar refractivity (Wildman–Crippen MR) is 105 cm³/mol. The van der Waals surface area contributed by atoms with Gasteiger partial charge in [0.1, 0.15) is 5.75 Å². The lowest BCUT2D eigenvalue weighted by Crippen LogP contribution is -2.19. The molecule has 0 saturated heterocycles. The SMILES string of the molecule is COc1ccc(Cl)cc1NC(=O)[C@H]1[C@H](c2ccc(S(=O)(=O)NO)cc2)C1(C)C. The maximum Gasteiger partial charge on any atom is 0.262 e. The summed E-state index contributed by atoms with van der Waals surface area (Å²) in [5, 5.41) is 12.1. The van der Waals surface area contributed by atoms with Crippen molar-refractivity contribution in [2.24, 2.45) is 11.3 Å².